The van der Waals surface area contributed by atoms with Gasteiger partial charge in [0.25, 0.3) is 0 Å². The second-order valence-electron chi connectivity index (χ2n) is 1.71. The van der Waals surface area contributed by atoms with E-state index in [0.29, 0.717) is 0 Å². The highest BCUT2D eigenvalue weighted by molar-refractivity contribution is 6.69. The number of ketones is 1. The zero-order valence-corrected chi connectivity index (χ0v) is 7.46. The molecule has 10 heavy (non-hydrogen) atoms. The van der Waals surface area contributed by atoms with Gasteiger partial charge in [0.1, 0.15) is 0 Å². The third kappa shape index (κ3) is 3.99. The van der Waals surface area contributed by atoms with Crippen LogP contribution in [0.25, 0.3) is 0 Å². The Hall–Kier alpha value is 0.0800. The smallest absolute Gasteiger partial charge is 0.230 e. The van der Waals surface area contributed by atoms with Gasteiger partial charge in [-0.15, -0.1) is 0 Å². The molecule has 0 aliphatic rings. The van der Waals surface area contributed by atoms with E-state index in [1.165, 1.54) is 6.92 Å². The Morgan fingerprint density at radius 2 is 1.90 bits per heavy atom. The third-order valence-corrected chi connectivity index (χ3v) is 1.34. The van der Waals surface area contributed by atoms with Crippen LogP contribution in [0.15, 0.2) is 11.8 Å². The Kier molecular flexibility index (Phi) is 3.49. The second-order valence-corrected chi connectivity index (χ2v) is 3.99. The lowest BCUT2D eigenvalue weighted by atomic mass is 10.3. The molecular formula is C5H6Cl3NO. The fraction of sp³-hybridized carbons (Fsp3) is 0.400. The van der Waals surface area contributed by atoms with Crippen LogP contribution in [0.3, 0.4) is 0 Å². The van der Waals surface area contributed by atoms with Crippen molar-refractivity contribution in [2.24, 2.45) is 5.73 Å². The Labute approximate surface area is 73.9 Å². The molecule has 0 heterocycles. The first-order valence-corrected chi connectivity index (χ1v) is 3.52. The van der Waals surface area contributed by atoms with Crippen molar-refractivity contribution in [1.29, 1.82) is 0 Å². The molecule has 2 N–H and O–H groups in total. The minimum Gasteiger partial charge on any atom is -0.398 e. The van der Waals surface area contributed by atoms with Crippen LogP contribution in [0.4, 0.5) is 0 Å². The van der Waals surface area contributed by atoms with E-state index in [1.54, 1.807) is 0 Å². The van der Waals surface area contributed by atoms with Crippen molar-refractivity contribution >= 4 is 40.6 Å². The molecule has 58 valence electrons. The molecule has 0 amide bonds. The van der Waals surface area contributed by atoms with Crippen LogP contribution in [-0.4, -0.2) is 9.58 Å². The maximum atomic E-state index is 10.4. The molecule has 0 saturated carbocycles. The van der Waals surface area contributed by atoms with E-state index >= 15 is 0 Å². The summed E-state index contributed by atoms with van der Waals surface area (Å²) in [5, 5.41) is 0. The number of alkyl halides is 3. The molecule has 0 atom stereocenters. The zero-order chi connectivity index (χ0) is 8.36. The van der Waals surface area contributed by atoms with E-state index in [4.69, 9.17) is 40.5 Å². The molecule has 0 aliphatic heterocycles. The predicted octanol–water partition coefficient (Wildman–Crippen LogP) is 1.79. The molecule has 0 aromatic heterocycles. The molecular weight excluding hydrogens is 196 g/mol. The Morgan fingerprint density at radius 3 is 2.00 bits per heavy atom. The summed E-state index contributed by atoms with van der Waals surface area (Å²) < 4.78 is -1.67. The molecule has 0 aliphatic carbocycles. The van der Waals surface area contributed by atoms with Crippen molar-refractivity contribution in [2.75, 3.05) is 0 Å². The molecule has 0 bridgehead atoms. The summed E-state index contributed by atoms with van der Waals surface area (Å²) in [5.41, 5.74) is 5.13. The van der Waals surface area contributed by atoms with Gasteiger partial charge in [0.15, 0.2) is 5.78 Å². The number of carbonyl (C=O) groups excluding carboxylic acids is 1. The number of allylic oxidation sites excluding steroid dienone is 2. The number of hydrogen-bond donors (Lipinski definition) is 1. The van der Waals surface area contributed by atoms with Crippen molar-refractivity contribution < 1.29 is 4.79 Å². The number of halogens is 3. The second kappa shape index (κ2) is 3.46. The van der Waals surface area contributed by atoms with Gasteiger partial charge >= 0.3 is 0 Å². The fourth-order valence-electron chi connectivity index (χ4n) is 0.301. The van der Waals surface area contributed by atoms with Crippen molar-refractivity contribution in [3.05, 3.63) is 11.8 Å². The molecule has 0 saturated heterocycles. The topological polar surface area (TPSA) is 43.1 Å². The first-order valence-electron chi connectivity index (χ1n) is 2.39. The normalized spacial score (nSPS) is 13.4. The first kappa shape index (κ1) is 10.1. The molecule has 5 heteroatoms. The lowest BCUT2D eigenvalue weighted by Crippen LogP contribution is -2.16. The van der Waals surface area contributed by atoms with Gasteiger partial charge in [-0.25, -0.2) is 0 Å². The van der Waals surface area contributed by atoms with Gasteiger partial charge in [0.2, 0.25) is 3.79 Å². The van der Waals surface area contributed by atoms with Gasteiger partial charge < -0.3 is 5.73 Å². The SMILES string of the molecule is CC(=O)/C=C(/N)C(Cl)(Cl)Cl. The first-order chi connectivity index (χ1) is 4.34. The molecule has 0 unspecified atom stereocenters. The number of carbonyl (C=O) groups is 1. The van der Waals surface area contributed by atoms with Crippen LogP contribution >= 0.6 is 34.8 Å². The van der Waals surface area contributed by atoms with Crippen molar-refractivity contribution in [1.82, 2.24) is 0 Å². The summed E-state index contributed by atoms with van der Waals surface area (Å²) in [6, 6.07) is 0. The van der Waals surface area contributed by atoms with E-state index in [1.807, 2.05) is 0 Å². The number of rotatable bonds is 1. The lowest BCUT2D eigenvalue weighted by Gasteiger charge is -2.09. The number of nitrogens with two attached hydrogens (primary N) is 1. The average molecular weight is 202 g/mol. The largest absolute Gasteiger partial charge is 0.398 e. The average Bonchev–Trinajstić information content (AvgIpc) is 1.60. The standard InChI is InChI=1S/C5H6Cl3NO/c1-3(10)2-4(9)5(6,7)8/h2H,9H2,1H3/b4-2+. The fourth-order valence-corrected chi connectivity index (χ4v) is 0.464. The lowest BCUT2D eigenvalue weighted by molar-refractivity contribution is -0.112. The van der Waals surface area contributed by atoms with Crippen LogP contribution < -0.4 is 5.73 Å². The number of hydrogen-bond acceptors (Lipinski definition) is 2. The summed E-state index contributed by atoms with van der Waals surface area (Å²) in [4.78, 5) is 10.4. The van der Waals surface area contributed by atoms with Crippen LogP contribution in [0, 0.1) is 0 Å². The van der Waals surface area contributed by atoms with Crippen molar-refractivity contribution in [3.8, 4) is 0 Å². The van der Waals surface area contributed by atoms with Gasteiger partial charge in [-0.1, -0.05) is 34.8 Å². The van der Waals surface area contributed by atoms with Gasteiger partial charge in [0.05, 0.1) is 5.70 Å². The van der Waals surface area contributed by atoms with E-state index in [9.17, 15) is 4.79 Å². The minimum absolute atomic E-state index is 0.0648. The van der Waals surface area contributed by atoms with Crippen LogP contribution in [0.5, 0.6) is 0 Å². The van der Waals surface area contributed by atoms with Gasteiger partial charge in [0, 0.05) is 6.08 Å². The molecule has 2 nitrogen and oxygen atoms in total. The van der Waals surface area contributed by atoms with E-state index in [2.05, 4.69) is 0 Å². The summed E-state index contributed by atoms with van der Waals surface area (Å²) in [7, 11) is 0. The van der Waals surface area contributed by atoms with Crippen LogP contribution in [0.2, 0.25) is 0 Å². The zero-order valence-electron chi connectivity index (χ0n) is 5.20. The monoisotopic (exact) mass is 201 g/mol. The van der Waals surface area contributed by atoms with Crippen LogP contribution in [-0.2, 0) is 4.79 Å². The highest BCUT2D eigenvalue weighted by Crippen LogP contribution is 2.31. The molecule has 0 spiro atoms. The van der Waals surface area contributed by atoms with Gasteiger partial charge in [-0.05, 0) is 6.92 Å². The highest BCUT2D eigenvalue weighted by Gasteiger charge is 2.23. The van der Waals surface area contributed by atoms with Crippen LogP contribution in [0.1, 0.15) is 6.92 Å². The maximum Gasteiger partial charge on any atom is 0.230 e. The van der Waals surface area contributed by atoms with Gasteiger partial charge in [-0.3, -0.25) is 4.79 Å². The Bertz CT molecular complexity index is 170. The quantitative estimate of drug-likeness (QED) is 0.520. The highest BCUT2D eigenvalue weighted by atomic mass is 35.6. The molecule has 0 radical (unpaired) electrons. The van der Waals surface area contributed by atoms with Crippen molar-refractivity contribution in [2.45, 2.75) is 10.7 Å². The van der Waals surface area contributed by atoms with E-state index in [0.717, 1.165) is 6.08 Å². The summed E-state index contributed by atoms with van der Waals surface area (Å²) in [5.74, 6) is -0.246. The molecule has 0 fully saturated rings. The summed E-state index contributed by atoms with van der Waals surface area (Å²) in [6.45, 7) is 1.32. The third-order valence-electron chi connectivity index (χ3n) is 0.686. The molecule has 0 aromatic carbocycles. The summed E-state index contributed by atoms with van der Waals surface area (Å²) >= 11 is 15.9. The van der Waals surface area contributed by atoms with Crippen molar-refractivity contribution in [3.63, 3.8) is 0 Å². The Balaban J connectivity index is 4.35. The minimum atomic E-state index is -1.67. The predicted molar refractivity (Wildman–Crippen MR) is 43.2 cm³/mol. The van der Waals surface area contributed by atoms with E-state index < -0.39 is 3.79 Å². The van der Waals surface area contributed by atoms with Gasteiger partial charge in [-0.2, -0.15) is 0 Å². The Morgan fingerprint density at radius 1 is 1.50 bits per heavy atom. The maximum absolute atomic E-state index is 10.4. The molecule has 0 rings (SSSR count). The molecule has 0 aromatic rings. The summed E-state index contributed by atoms with van der Waals surface area (Å²) in [6.07, 6.45) is 1.08. The van der Waals surface area contributed by atoms with E-state index in [-0.39, 0.29) is 11.5 Å².